The summed E-state index contributed by atoms with van der Waals surface area (Å²) < 4.78 is 24.1. The van der Waals surface area contributed by atoms with Gasteiger partial charge >= 0.3 is 5.97 Å². The third kappa shape index (κ3) is 1.71. The van der Waals surface area contributed by atoms with E-state index < -0.39 is 15.8 Å². The first kappa shape index (κ1) is 11.1. The molecule has 1 aromatic rings. The lowest BCUT2D eigenvalue weighted by molar-refractivity contribution is 0.0682. The van der Waals surface area contributed by atoms with Crippen molar-refractivity contribution in [3.05, 3.63) is 17.0 Å². The molecule has 2 heterocycles. The van der Waals surface area contributed by atoms with Gasteiger partial charge in [0.2, 0.25) is 0 Å². The van der Waals surface area contributed by atoms with Gasteiger partial charge in [-0.1, -0.05) is 0 Å². The molecule has 1 aliphatic heterocycles. The third-order valence-corrected chi connectivity index (χ3v) is 4.19. The van der Waals surface area contributed by atoms with E-state index in [4.69, 9.17) is 5.11 Å². The molecule has 16 heavy (non-hydrogen) atoms. The van der Waals surface area contributed by atoms with Gasteiger partial charge in [-0.25, -0.2) is 13.2 Å². The molecule has 88 valence electrons. The van der Waals surface area contributed by atoms with Crippen LogP contribution in [0.4, 0.5) is 0 Å². The largest absolute Gasteiger partial charge is 0.477 e. The fourth-order valence-electron chi connectivity index (χ4n) is 1.93. The van der Waals surface area contributed by atoms with Gasteiger partial charge in [-0.15, -0.1) is 0 Å². The second-order valence-corrected chi connectivity index (χ2v) is 5.92. The number of sulfone groups is 1. The number of rotatable bonds is 2. The summed E-state index contributed by atoms with van der Waals surface area (Å²) in [5, 5.41) is 13.1. The molecule has 0 unspecified atom stereocenters. The van der Waals surface area contributed by atoms with E-state index in [2.05, 4.69) is 5.10 Å². The van der Waals surface area contributed by atoms with Crippen LogP contribution in [0.25, 0.3) is 0 Å². The summed E-state index contributed by atoms with van der Waals surface area (Å²) in [6.07, 6.45) is 0.249. The van der Waals surface area contributed by atoms with Crippen molar-refractivity contribution in [2.45, 2.75) is 25.6 Å². The minimum atomic E-state index is -3.10. The lowest BCUT2D eigenvalue weighted by Gasteiger charge is -2.10. The Hall–Kier alpha value is -1.37. The van der Waals surface area contributed by atoms with Crippen molar-refractivity contribution in [3.8, 4) is 0 Å². The van der Waals surface area contributed by atoms with Gasteiger partial charge in [0.05, 0.1) is 17.2 Å². The van der Waals surface area contributed by atoms with Crippen LogP contribution in [0.2, 0.25) is 0 Å². The Kier molecular flexibility index (Phi) is 2.49. The summed E-state index contributed by atoms with van der Waals surface area (Å²) in [6.45, 7) is 2.20. The van der Waals surface area contributed by atoms with Gasteiger partial charge in [-0.05, 0) is 13.3 Å². The van der Waals surface area contributed by atoms with E-state index in [1.165, 1.54) is 4.68 Å². The molecule has 0 radical (unpaired) electrons. The van der Waals surface area contributed by atoms with Crippen molar-refractivity contribution in [2.75, 3.05) is 5.75 Å². The van der Waals surface area contributed by atoms with E-state index in [-0.39, 0.29) is 23.6 Å². The zero-order valence-electron chi connectivity index (χ0n) is 8.80. The molecule has 2 rings (SSSR count). The molecule has 0 atom stereocenters. The van der Waals surface area contributed by atoms with Crippen LogP contribution in [0.1, 0.15) is 28.7 Å². The predicted molar refractivity (Wildman–Crippen MR) is 56.1 cm³/mol. The molecule has 1 N–H and O–H groups in total. The lowest BCUT2D eigenvalue weighted by Crippen LogP contribution is -2.19. The van der Waals surface area contributed by atoms with E-state index in [1.54, 1.807) is 6.92 Å². The number of aryl methyl sites for hydroxylation is 1. The molecule has 7 heteroatoms. The molecule has 6 nitrogen and oxygen atoms in total. The number of nitrogens with zero attached hydrogens (tertiary/aromatic N) is 2. The monoisotopic (exact) mass is 244 g/mol. The molecule has 0 aliphatic carbocycles. The Labute approximate surface area is 92.8 Å². The van der Waals surface area contributed by atoms with Crippen LogP contribution >= 0.6 is 0 Å². The van der Waals surface area contributed by atoms with Crippen molar-refractivity contribution in [3.63, 3.8) is 0 Å². The van der Waals surface area contributed by atoms with Crippen molar-refractivity contribution >= 4 is 15.8 Å². The van der Waals surface area contributed by atoms with E-state index in [0.29, 0.717) is 17.8 Å². The average molecular weight is 244 g/mol. The highest BCUT2D eigenvalue weighted by Crippen LogP contribution is 2.23. The van der Waals surface area contributed by atoms with E-state index in [9.17, 15) is 13.2 Å². The normalized spacial score (nSPS) is 18.1. The molecular formula is C9H12N2O4S. The zero-order chi connectivity index (χ0) is 11.9. The summed E-state index contributed by atoms with van der Waals surface area (Å²) in [5.41, 5.74) is 1.10. The summed E-state index contributed by atoms with van der Waals surface area (Å²) in [6, 6.07) is 0. The SMILES string of the molecule is CCn1nc2c(c1C(=O)O)CCS(=O)(=O)C2. The maximum Gasteiger partial charge on any atom is 0.354 e. The molecule has 0 aromatic carbocycles. The number of fused-ring (bicyclic) bond motifs is 1. The van der Waals surface area contributed by atoms with Gasteiger partial charge in [-0.3, -0.25) is 4.68 Å². The van der Waals surface area contributed by atoms with Crippen LogP contribution in [-0.4, -0.2) is 35.0 Å². The Morgan fingerprint density at radius 3 is 2.81 bits per heavy atom. The highest BCUT2D eigenvalue weighted by atomic mass is 32.2. The lowest BCUT2D eigenvalue weighted by atomic mass is 10.1. The van der Waals surface area contributed by atoms with Crippen LogP contribution in [0.5, 0.6) is 0 Å². The Morgan fingerprint density at radius 2 is 2.25 bits per heavy atom. The molecule has 0 amide bonds. The fourth-order valence-corrected chi connectivity index (χ4v) is 3.24. The molecule has 0 saturated carbocycles. The first-order chi connectivity index (χ1) is 7.44. The van der Waals surface area contributed by atoms with Crippen LogP contribution < -0.4 is 0 Å². The number of aromatic nitrogens is 2. The molecule has 0 bridgehead atoms. The van der Waals surface area contributed by atoms with Crippen LogP contribution in [0.3, 0.4) is 0 Å². The van der Waals surface area contributed by atoms with Gasteiger partial charge in [0.25, 0.3) is 0 Å². The summed E-state index contributed by atoms with van der Waals surface area (Å²) in [4.78, 5) is 11.1. The number of hydrogen-bond donors (Lipinski definition) is 1. The van der Waals surface area contributed by atoms with E-state index in [1.807, 2.05) is 0 Å². The highest BCUT2D eigenvalue weighted by molar-refractivity contribution is 7.90. The third-order valence-electron chi connectivity index (χ3n) is 2.66. The fraction of sp³-hybridized carbons (Fsp3) is 0.556. The van der Waals surface area contributed by atoms with Crippen molar-refractivity contribution in [1.82, 2.24) is 9.78 Å². The Balaban J connectivity index is 2.58. The summed E-state index contributed by atoms with van der Waals surface area (Å²) >= 11 is 0. The maximum atomic E-state index is 11.4. The number of carbonyl (C=O) groups is 1. The molecule has 1 aliphatic rings. The highest BCUT2D eigenvalue weighted by Gasteiger charge is 2.30. The summed E-state index contributed by atoms with van der Waals surface area (Å²) in [7, 11) is -3.10. The van der Waals surface area contributed by atoms with Gasteiger partial charge in [0, 0.05) is 12.1 Å². The topological polar surface area (TPSA) is 89.3 Å². The van der Waals surface area contributed by atoms with Crippen LogP contribution in [0.15, 0.2) is 0 Å². The quantitative estimate of drug-likeness (QED) is 0.795. The smallest absolute Gasteiger partial charge is 0.354 e. The predicted octanol–water partition coefficient (Wildman–Crippen LogP) is 0.0721. The van der Waals surface area contributed by atoms with Crippen molar-refractivity contribution < 1.29 is 18.3 Å². The summed E-state index contributed by atoms with van der Waals surface area (Å²) in [5.74, 6) is -1.18. The Morgan fingerprint density at radius 1 is 1.56 bits per heavy atom. The number of carboxylic acid groups (broad SMARTS) is 1. The second kappa shape index (κ2) is 3.58. The number of aromatic carboxylic acids is 1. The second-order valence-electron chi connectivity index (χ2n) is 3.74. The first-order valence-electron chi connectivity index (χ1n) is 4.97. The van der Waals surface area contributed by atoms with Crippen LogP contribution in [0, 0.1) is 0 Å². The molecule has 0 spiro atoms. The Bertz CT molecular complexity index is 544. The minimum Gasteiger partial charge on any atom is -0.477 e. The zero-order valence-corrected chi connectivity index (χ0v) is 9.62. The molecule has 0 saturated heterocycles. The van der Waals surface area contributed by atoms with E-state index >= 15 is 0 Å². The average Bonchev–Trinajstić information content (AvgIpc) is 2.53. The minimum absolute atomic E-state index is 0.00961. The maximum absolute atomic E-state index is 11.4. The van der Waals surface area contributed by atoms with Gasteiger partial charge in [0.15, 0.2) is 9.84 Å². The van der Waals surface area contributed by atoms with Gasteiger partial charge in [-0.2, -0.15) is 5.10 Å². The standard InChI is InChI=1S/C9H12N2O4S/c1-2-11-8(9(12)13)6-3-4-16(14,15)5-7(6)10-11/h2-5H2,1H3,(H,12,13). The molecule has 0 fully saturated rings. The van der Waals surface area contributed by atoms with Crippen molar-refractivity contribution in [2.24, 2.45) is 0 Å². The number of carboxylic acids is 1. The van der Waals surface area contributed by atoms with Crippen LogP contribution in [-0.2, 0) is 28.6 Å². The van der Waals surface area contributed by atoms with Gasteiger partial charge in [0.1, 0.15) is 5.69 Å². The van der Waals surface area contributed by atoms with Gasteiger partial charge < -0.3 is 5.11 Å². The molecular weight excluding hydrogens is 232 g/mol. The molecule has 1 aromatic heterocycles. The van der Waals surface area contributed by atoms with Crippen molar-refractivity contribution in [1.29, 1.82) is 0 Å². The number of hydrogen-bond acceptors (Lipinski definition) is 4. The van der Waals surface area contributed by atoms with E-state index in [0.717, 1.165) is 0 Å². The first-order valence-corrected chi connectivity index (χ1v) is 6.79.